The van der Waals surface area contributed by atoms with Crippen LogP contribution in [0.1, 0.15) is 17.5 Å². The molecule has 0 saturated carbocycles. The number of aromatic nitrogens is 1. The summed E-state index contributed by atoms with van der Waals surface area (Å²) in [6, 6.07) is 18.1. The minimum absolute atomic E-state index is 0.606. The molecule has 0 aliphatic rings. The van der Waals surface area contributed by atoms with Crippen molar-refractivity contribution < 1.29 is 9.47 Å². The van der Waals surface area contributed by atoms with Gasteiger partial charge in [-0.15, -0.1) is 11.3 Å². The molecule has 0 aliphatic heterocycles. The van der Waals surface area contributed by atoms with Crippen LogP contribution in [0, 0.1) is 6.92 Å². The van der Waals surface area contributed by atoms with Crippen molar-refractivity contribution in [3.8, 4) is 22.1 Å². The first-order chi connectivity index (χ1) is 11.8. The van der Waals surface area contributed by atoms with Gasteiger partial charge in [0, 0.05) is 22.9 Å². The molecule has 3 nitrogen and oxygen atoms in total. The zero-order chi connectivity index (χ0) is 16.8. The second-order valence-corrected chi connectivity index (χ2v) is 6.60. The van der Waals surface area contributed by atoms with Crippen LogP contribution in [0.2, 0.25) is 0 Å². The fourth-order valence-electron chi connectivity index (χ4n) is 2.45. The number of thiazole rings is 1. The smallest absolute Gasteiger partial charge is 0.123 e. The molecule has 0 bridgehead atoms. The van der Waals surface area contributed by atoms with Crippen LogP contribution in [0.5, 0.6) is 11.5 Å². The fraction of sp³-hybridized carbons (Fsp3) is 0.250. The standard InChI is InChI=1S/C20H21NO2S/c1-3-22-17-10-7-11-18(14-17)23-13-12-19-15(2)24-20(21-19)16-8-5-4-6-9-16/h4-11,14H,3,12-13H2,1-2H3. The van der Waals surface area contributed by atoms with E-state index in [-0.39, 0.29) is 0 Å². The van der Waals surface area contributed by atoms with Gasteiger partial charge in [0.1, 0.15) is 16.5 Å². The molecule has 2 aromatic carbocycles. The molecule has 0 aliphatic carbocycles. The molecule has 0 saturated heterocycles. The van der Waals surface area contributed by atoms with E-state index in [0.717, 1.165) is 28.6 Å². The van der Waals surface area contributed by atoms with Crippen LogP contribution < -0.4 is 9.47 Å². The molecule has 0 radical (unpaired) electrons. The van der Waals surface area contributed by atoms with Crippen molar-refractivity contribution >= 4 is 11.3 Å². The Hall–Kier alpha value is -2.33. The van der Waals surface area contributed by atoms with E-state index >= 15 is 0 Å². The van der Waals surface area contributed by atoms with E-state index in [1.54, 1.807) is 11.3 Å². The highest BCUT2D eigenvalue weighted by Crippen LogP contribution is 2.28. The SMILES string of the molecule is CCOc1cccc(OCCc2nc(-c3ccccc3)sc2C)c1. The summed E-state index contributed by atoms with van der Waals surface area (Å²) in [5, 5.41) is 1.07. The molecule has 4 heteroatoms. The Morgan fingerprint density at radius 2 is 1.71 bits per heavy atom. The van der Waals surface area contributed by atoms with Crippen LogP contribution in [-0.4, -0.2) is 18.2 Å². The van der Waals surface area contributed by atoms with Gasteiger partial charge in [-0.3, -0.25) is 0 Å². The maximum atomic E-state index is 5.85. The number of nitrogens with zero attached hydrogens (tertiary/aromatic N) is 1. The summed E-state index contributed by atoms with van der Waals surface area (Å²) >= 11 is 1.74. The van der Waals surface area contributed by atoms with Gasteiger partial charge in [0.2, 0.25) is 0 Å². The van der Waals surface area contributed by atoms with E-state index in [9.17, 15) is 0 Å². The molecule has 1 aromatic heterocycles. The number of hydrogen-bond donors (Lipinski definition) is 0. The number of rotatable bonds is 7. The third-order valence-corrected chi connectivity index (χ3v) is 4.70. The predicted molar refractivity (Wildman–Crippen MR) is 99.1 cm³/mol. The molecule has 0 atom stereocenters. The molecular formula is C20H21NO2S. The minimum atomic E-state index is 0.606. The largest absolute Gasteiger partial charge is 0.494 e. The summed E-state index contributed by atoms with van der Waals surface area (Å²) in [6.07, 6.45) is 0.800. The van der Waals surface area contributed by atoms with E-state index in [4.69, 9.17) is 14.5 Å². The first-order valence-corrected chi connectivity index (χ1v) is 8.95. The summed E-state index contributed by atoms with van der Waals surface area (Å²) in [7, 11) is 0. The Labute approximate surface area is 146 Å². The second kappa shape index (κ2) is 7.97. The highest BCUT2D eigenvalue weighted by atomic mass is 32.1. The van der Waals surface area contributed by atoms with Crippen molar-refractivity contribution in [2.24, 2.45) is 0 Å². The Morgan fingerprint density at radius 3 is 2.46 bits per heavy atom. The Kier molecular flexibility index (Phi) is 5.49. The number of aryl methyl sites for hydroxylation is 1. The van der Waals surface area contributed by atoms with Crippen molar-refractivity contribution in [2.45, 2.75) is 20.3 Å². The number of benzene rings is 2. The van der Waals surface area contributed by atoms with Gasteiger partial charge in [0.15, 0.2) is 0 Å². The summed E-state index contributed by atoms with van der Waals surface area (Å²) in [6.45, 7) is 5.36. The van der Waals surface area contributed by atoms with Crippen molar-refractivity contribution in [1.82, 2.24) is 4.98 Å². The van der Waals surface area contributed by atoms with E-state index in [1.165, 1.54) is 10.4 Å². The highest BCUT2D eigenvalue weighted by molar-refractivity contribution is 7.15. The van der Waals surface area contributed by atoms with Crippen molar-refractivity contribution in [3.05, 3.63) is 65.2 Å². The van der Waals surface area contributed by atoms with Crippen LogP contribution >= 0.6 is 11.3 Å². The first kappa shape index (κ1) is 16.5. The topological polar surface area (TPSA) is 31.4 Å². The molecule has 0 amide bonds. The molecular weight excluding hydrogens is 318 g/mol. The molecule has 1 heterocycles. The Bertz CT molecular complexity index is 783. The Balaban J connectivity index is 1.61. The lowest BCUT2D eigenvalue weighted by Crippen LogP contribution is -2.03. The number of ether oxygens (including phenoxy) is 2. The predicted octanol–water partition coefficient (Wildman–Crippen LogP) is 5.14. The third kappa shape index (κ3) is 4.15. The van der Waals surface area contributed by atoms with E-state index in [0.29, 0.717) is 13.2 Å². The lowest BCUT2D eigenvalue weighted by molar-refractivity contribution is 0.311. The summed E-state index contributed by atoms with van der Waals surface area (Å²) < 4.78 is 11.3. The van der Waals surface area contributed by atoms with Gasteiger partial charge in [-0.2, -0.15) is 0 Å². The van der Waals surface area contributed by atoms with Crippen LogP contribution in [0.15, 0.2) is 54.6 Å². The quantitative estimate of drug-likeness (QED) is 0.597. The van der Waals surface area contributed by atoms with Gasteiger partial charge >= 0.3 is 0 Å². The molecule has 0 spiro atoms. The second-order valence-electron chi connectivity index (χ2n) is 5.39. The monoisotopic (exact) mass is 339 g/mol. The molecule has 3 aromatic rings. The van der Waals surface area contributed by atoms with Crippen LogP contribution in [0.3, 0.4) is 0 Å². The average Bonchev–Trinajstić information content (AvgIpc) is 2.97. The zero-order valence-electron chi connectivity index (χ0n) is 14.0. The van der Waals surface area contributed by atoms with Crippen LogP contribution in [0.25, 0.3) is 10.6 Å². The van der Waals surface area contributed by atoms with E-state index < -0.39 is 0 Å². The molecule has 0 fully saturated rings. The van der Waals surface area contributed by atoms with Crippen molar-refractivity contribution in [2.75, 3.05) is 13.2 Å². The average molecular weight is 339 g/mol. The molecule has 24 heavy (non-hydrogen) atoms. The highest BCUT2D eigenvalue weighted by Gasteiger charge is 2.09. The zero-order valence-corrected chi connectivity index (χ0v) is 14.8. The first-order valence-electron chi connectivity index (χ1n) is 8.13. The van der Waals surface area contributed by atoms with Crippen molar-refractivity contribution in [1.29, 1.82) is 0 Å². The number of hydrogen-bond acceptors (Lipinski definition) is 4. The Morgan fingerprint density at radius 1 is 0.958 bits per heavy atom. The summed E-state index contributed by atoms with van der Waals surface area (Å²) in [5.74, 6) is 1.67. The lowest BCUT2D eigenvalue weighted by Gasteiger charge is -2.08. The van der Waals surface area contributed by atoms with Crippen molar-refractivity contribution in [3.63, 3.8) is 0 Å². The van der Waals surface area contributed by atoms with Gasteiger partial charge in [-0.25, -0.2) is 4.98 Å². The van der Waals surface area contributed by atoms with Crippen LogP contribution in [0.4, 0.5) is 0 Å². The normalized spacial score (nSPS) is 10.6. The van der Waals surface area contributed by atoms with Crippen LogP contribution in [-0.2, 0) is 6.42 Å². The summed E-state index contributed by atoms with van der Waals surface area (Å²) in [5.41, 5.74) is 2.28. The molecule has 0 N–H and O–H groups in total. The van der Waals surface area contributed by atoms with Gasteiger partial charge in [0.25, 0.3) is 0 Å². The van der Waals surface area contributed by atoms with Gasteiger partial charge in [0.05, 0.1) is 18.9 Å². The molecule has 3 rings (SSSR count). The van der Waals surface area contributed by atoms with E-state index in [1.807, 2.05) is 49.4 Å². The molecule has 124 valence electrons. The fourth-order valence-corrected chi connectivity index (χ4v) is 3.42. The maximum Gasteiger partial charge on any atom is 0.123 e. The van der Waals surface area contributed by atoms with Gasteiger partial charge in [-0.1, -0.05) is 36.4 Å². The maximum absolute atomic E-state index is 5.85. The van der Waals surface area contributed by atoms with E-state index in [2.05, 4.69) is 19.1 Å². The summed E-state index contributed by atoms with van der Waals surface area (Å²) in [4.78, 5) is 6.02. The lowest BCUT2D eigenvalue weighted by atomic mass is 10.2. The minimum Gasteiger partial charge on any atom is -0.494 e. The molecule has 0 unspecified atom stereocenters. The van der Waals surface area contributed by atoms with Gasteiger partial charge < -0.3 is 9.47 Å². The van der Waals surface area contributed by atoms with Gasteiger partial charge in [-0.05, 0) is 26.0 Å². The third-order valence-electron chi connectivity index (χ3n) is 3.64.